The van der Waals surface area contributed by atoms with E-state index in [0.29, 0.717) is 27.6 Å². The van der Waals surface area contributed by atoms with Crippen LogP contribution < -0.4 is 9.64 Å². The molecule has 2 aromatic rings. The topological polar surface area (TPSA) is 72.9 Å². The summed E-state index contributed by atoms with van der Waals surface area (Å²) in [5, 5.41) is 0.515. The van der Waals surface area contributed by atoms with Gasteiger partial charge in [0.1, 0.15) is 12.4 Å². The minimum absolute atomic E-state index is 0.00736. The molecule has 0 bridgehead atoms. The molecular weight excluding hydrogens is 358 g/mol. The Morgan fingerprint density at radius 1 is 1.08 bits per heavy atom. The number of hydrogen-bond donors (Lipinski definition) is 0. The Balaban J connectivity index is 1.68. The molecule has 1 aliphatic heterocycles. The molecule has 1 saturated heterocycles. The lowest BCUT2D eigenvalue weighted by molar-refractivity contribution is -0.121. The molecule has 3 rings (SSSR count). The van der Waals surface area contributed by atoms with Crippen molar-refractivity contribution >= 4 is 35.1 Å². The van der Waals surface area contributed by atoms with Crippen molar-refractivity contribution in [2.45, 2.75) is 19.4 Å². The van der Waals surface area contributed by atoms with Crippen LogP contribution in [0.4, 0.5) is 5.69 Å². The molecule has 0 atom stereocenters. The third kappa shape index (κ3) is 3.70. The summed E-state index contributed by atoms with van der Waals surface area (Å²) in [6.07, 6.45) is 0.425. The van der Waals surface area contributed by atoms with Crippen molar-refractivity contribution in [1.29, 1.82) is 0 Å². The summed E-state index contributed by atoms with van der Waals surface area (Å²) in [7, 11) is 1.52. The molecule has 0 unspecified atom stereocenters. The summed E-state index contributed by atoms with van der Waals surface area (Å²) in [5.41, 5.74) is 1.41. The molecule has 0 radical (unpaired) electrons. The summed E-state index contributed by atoms with van der Waals surface area (Å²) >= 11 is 5.95. The Hall–Kier alpha value is -2.86. The fourth-order valence-corrected chi connectivity index (χ4v) is 2.89. The molecule has 1 aliphatic rings. The van der Waals surface area contributed by atoms with Crippen LogP contribution in [0.1, 0.15) is 28.8 Å². The highest BCUT2D eigenvalue weighted by atomic mass is 35.5. The monoisotopic (exact) mass is 373 g/mol. The van der Waals surface area contributed by atoms with E-state index in [1.807, 2.05) is 0 Å². The molecule has 134 valence electrons. The lowest BCUT2D eigenvalue weighted by Gasteiger charge is -2.14. The van der Waals surface area contributed by atoms with Gasteiger partial charge >= 0.3 is 5.97 Å². The predicted octanol–water partition coefficient (Wildman–Crippen LogP) is 3.36. The third-order valence-electron chi connectivity index (χ3n) is 4.01. The molecule has 1 fully saturated rings. The summed E-state index contributed by atoms with van der Waals surface area (Å²) in [4.78, 5) is 36.8. The van der Waals surface area contributed by atoms with Gasteiger partial charge in [0.25, 0.3) is 0 Å². The van der Waals surface area contributed by atoms with E-state index >= 15 is 0 Å². The fourth-order valence-electron chi connectivity index (χ4n) is 2.70. The number of halogens is 1. The minimum atomic E-state index is -0.530. The van der Waals surface area contributed by atoms with Crippen molar-refractivity contribution in [2.24, 2.45) is 0 Å². The molecule has 0 aliphatic carbocycles. The van der Waals surface area contributed by atoms with E-state index in [4.69, 9.17) is 21.1 Å². The zero-order valence-corrected chi connectivity index (χ0v) is 14.8. The van der Waals surface area contributed by atoms with Gasteiger partial charge in [0.05, 0.1) is 18.4 Å². The second-order valence-corrected chi connectivity index (χ2v) is 6.14. The molecule has 7 heteroatoms. The molecule has 2 amide bonds. The highest BCUT2D eigenvalue weighted by Gasteiger charge is 2.30. The fraction of sp³-hybridized carbons (Fsp3) is 0.211. The van der Waals surface area contributed by atoms with E-state index in [9.17, 15) is 14.4 Å². The number of hydrogen-bond acceptors (Lipinski definition) is 5. The van der Waals surface area contributed by atoms with Gasteiger partial charge < -0.3 is 9.47 Å². The normalized spacial score (nSPS) is 13.8. The van der Waals surface area contributed by atoms with Crippen molar-refractivity contribution in [3.63, 3.8) is 0 Å². The van der Waals surface area contributed by atoms with Crippen LogP contribution in [0, 0.1) is 0 Å². The van der Waals surface area contributed by atoms with Gasteiger partial charge in [0, 0.05) is 23.4 Å². The Morgan fingerprint density at radius 2 is 1.73 bits per heavy atom. The van der Waals surface area contributed by atoms with Crippen LogP contribution in [0.15, 0.2) is 42.5 Å². The Bertz CT molecular complexity index is 847. The molecular formula is C19H16ClNO5. The Labute approximate surface area is 155 Å². The first kappa shape index (κ1) is 17.9. The molecule has 0 spiro atoms. The number of carbonyl (C=O) groups excluding carboxylic acids is 3. The number of nitrogens with zero attached hydrogens (tertiary/aromatic N) is 1. The number of rotatable bonds is 5. The van der Waals surface area contributed by atoms with Crippen molar-refractivity contribution in [3.05, 3.63) is 58.6 Å². The first-order valence-corrected chi connectivity index (χ1v) is 8.33. The molecule has 2 aromatic carbocycles. The number of benzene rings is 2. The number of esters is 1. The second kappa shape index (κ2) is 7.58. The van der Waals surface area contributed by atoms with Crippen molar-refractivity contribution in [2.75, 3.05) is 12.0 Å². The molecule has 0 N–H and O–H groups in total. The summed E-state index contributed by atoms with van der Waals surface area (Å²) in [5.74, 6) is -0.432. The number of methoxy groups -OCH3 is 1. The molecule has 0 saturated carbocycles. The quantitative estimate of drug-likeness (QED) is 0.593. The minimum Gasteiger partial charge on any atom is -0.496 e. The van der Waals surface area contributed by atoms with Crippen LogP contribution >= 0.6 is 11.6 Å². The number of ether oxygens (including phenoxy) is 2. The van der Waals surface area contributed by atoms with Gasteiger partial charge in [-0.25, -0.2) is 4.79 Å². The van der Waals surface area contributed by atoms with Crippen LogP contribution in [0.25, 0.3) is 0 Å². The summed E-state index contributed by atoms with van der Waals surface area (Å²) in [6, 6.07) is 11.2. The zero-order valence-electron chi connectivity index (χ0n) is 14.0. The number of imide groups is 1. The zero-order chi connectivity index (χ0) is 18.7. The van der Waals surface area contributed by atoms with Crippen LogP contribution in [-0.4, -0.2) is 24.9 Å². The average molecular weight is 374 g/mol. The molecule has 1 heterocycles. The van der Waals surface area contributed by atoms with E-state index in [1.54, 1.807) is 30.3 Å². The molecule has 0 aromatic heterocycles. The van der Waals surface area contributed by atoms with Gasteiger partial charge in [-0.15, -0.1) is 0 Å². The summed E-state index contributed by atoms with van der Waals surface area (Å²) < 4.78 is 10.5. The highest BCUT2D eigenvalue weighted by Crippen LogP contribution is 2.25. The van der Waals surface area contributed by atoms with Gasteiger partial charge in [-0.05, 0) is 42.5 Å². The largest absolute Gasteiger partial charge is 0.496 e. The number of carbonyl (C=O) groups is 3. The van der Waals surface area contributed by atoms with Gasteiger partial charge in [-0.1, -0.05) is 11.6 Å². The van der Waals surface area contributed by atoms with E-state index < -0.39 is 5.97 Å². The Kier molecular flexibility index (Phi) is 5.23. The van der Waals surface area contributed by atoms with E-state index in [1.165, 1.54) is 19.2 Å². The highest BCUT2D eigenvalue weighted by molar-refractivity contribution is 6.30. The van der Waals surface area contributed by atoms with E-state index in [2.05, 4.69) is 0 Å². The average Bonchev–Trinajstić information content (AvgIpc) is 2.98. The van der Waals surface area contributed by atoms with E-state index in [0.717, 1.165) is 4.90 Å². The van der Waals surface area contributed by atoms with Crippen LogP contribution in [-0.2, 0) is 20.9 Å². The smallest absolute Gasteiger partial charge is 0.338 e. The van der Waals surface area contributed by atoms with Crippen molar-refractivity contribution < 1.29 is 23.9 Å². The summed E-state index contributed by atoms with van der Waals surface area (Å²) in [6.45, 7) is 0.00736. The van der Waals surface area contributed by atoms with Gasteiger partial charge in [-0.3, -0.25) is 14.5 Å². The van der Waals surface area contributed by atoms with Gasteiger partial charge in [-0.2, -0.15) is 0 Å². The second-order valence-electron chi connectivity index (χ2n) is 5.70. The van der Waals surface area contributed by atoms with Crippen LogP contribution in [0.5, 0.6) is 5.75 Å². The van der Waals surface area contributed by atoms with Gasteiger partial charge in [0.2, 0.25) is 11.8 Å². The number of amides is 2. The Morgan fingerprint density at radius 3 is 2.35 bits per heavy atom. The van der Waals surface area contributed by atoms with Gasteiger partial charge in [0.15, 0.2) is 0 Å². The van der Waals surface area contributed by atoms with Crippen LogP contribution in [0.2, 0.25) is 5.02 Å². The maximum atomic E-state index is 12.2. The first-order chi connectivity index (χ1) is 12.5. The third-order valence-corrected chi connectivity index (χ3v) is 4.25. The first-order valence-electron chi connectivity index (χ1n) is 7.95. The van der Waals surface area contributed by atoms with Crippen molar-refractivity contribution in [3.8, 4) is 5.75 Å². The lowest BCUT2D eigenvalue weighted by atomic mass is 10.2. The van der Waals surface area contributed by atoms with Crippen LogP contribution in [0.3, 0.4) is 0 Å². The van der Waals surface area contributed by atoms with E-state index in [-0.39, 0.29) is 31.3 Å². The maximum Gasteiger partial charge on any atom is 0.338 e. The standard InChI is InChI=1S/C19H16ClNO5/c1-25-16-7-4-14(20)10-13(16)11-26-19(24)12-2-5-15(6-3-12)21-17(22)8-9-18(21)23/h2-7,10H,8-9,11H2,1H3. The predicted molar refractivity (Wildman–Crippen MR) is 95.3 cm³/mol. The lowest BCUT2D eigenvalue weighted by Crippen LogP contribution is -2.28. The maximum absolute atomic E-state index is 12.2. The number of anilines is 1. The SMILES string of the molecule is COc1ccc(Cl)cc1COC(=O)c1ccc(N2C(=O)CCC2=O)cc1. The van der Waals surface area contributed by atoms with Crippen molar-refractivity contribution in [1.82, 2.24) is 0 Å². The molecule has 26 heavy (non-hydrogen) atoms. The molecule has 6 nitrogen and oxygen atoms in total.